The summed E-state index contributed by atoms with van der Waals surface area (Å²) in [7, 11) is 0. The van der Waals surface area contributed by atoms with E-state index in [1.54, 1.807) is 11.8 Å². The summed E-state index contributed by atoms with van der Waals surface area (Å²) in [5, 5.41) is 13.8. The Morgan fingerprint density at radius 3 is 2.95 bits per heavy atom. The van der Waals surface area contributed by atoms with Crippen molar-refractivity contribution in [3.8, 4) is 6.07 Å². The van der Waals surface area contributed by atoms with Crippen LogP contribution in [0.4, 0.5) is 0 Å². The number of thioether (sulfide) groups is 1. The zero-order valence-electron chi connectivity index (χ0n) is 12.3. The molecular formula is C16H19N3OS. The summed E-state index contributed by atoms with van der Waals surface area (Å²) < 4.78 is 5.73. The summed E-state index contributed by atoms with van der Waals surface area (Å²) in [5.41, 5.74) is 1.22. The molecule has 21 heavy (non-hydrogen) atoms. The Kier molecular flexibility index (Phi) is 3.92. The first-order valence-electron chi connectivity index (χ1n) is 7.29. The van der Waals surface area contributed by atoms with Gasteiger partial charge in [-0.05, 0) is 38.3 Å². The number of hydrogen-bond donors (Lipinski definition) is 1. The van der Waals surface area contributed by atoms with Gasteiger partial charge in [-0.15, -0.1) is 0 Å². The van der Waals surface area contributed by atoms with E-state index in [0.717, 1.165) is 17.5 Å². The van der Waals surface area contributed by atoms with Gasteiger partial charge in [-0.25, -0.2) is 4.98 Å². The van der Waals surface area contributed by atoms with E-state index in [9.17, 15) is 5.26 Å². The van der Waals surface area contributed by atoms with Crippen LogP contribution < -0.4 is 5.32 Å². The standard InChI is InChI=1S/C16H19N3OS/c1-11(9-16(2,10-17)19-12-7-8-12)21-15-18-13-5-3-4-6-14(13)20-15/h3-6,11-12,19H,7-9H2,1-2H3. The van der Waals surface area contributed by atoms with E-state index in [1.807, 2.05) is 31.2 Å². The van der Waals surface area contributed by atoms with Crippen LogP contribution in [0.1, 0.15) is 33.1 Å². The highest BCUT2D eigenvalue weighted by Crippen LogP contribution is 2.32. The number of rotatable bonds is 6. The monoisotopic (exact) mass is 301 g/mol. The minimum Gasteiger partial charge on any atom is -0.431 e. The van der Waals surface area contributed by atoms with Crippen molar-refractivity contribution in [3.05, 3.63) is 24.3 Å². The topological polar surface area (TPSA) is 61.9 Å². The van der Waals surface area contributed by atoms with Crippen molar-refractivity contribution in [1.29, 1.82) is 5.26 Å². The molecule has 1 aliphatic rings. The Bertz CT molecular complexity index is 640. The molecule has 0 spiro atoms. The number of para-hydroxylation sites is 2. The number of aromatic nitrogens is 1. The number of nitrogens with zero attached hydrogens (tertiary/aromatic N) is 2. The van der Waals surface area contributed by atoms with Crippen LogP contribution in [0.3, 0.4) is 0 Å². The van der Waals surface area contributed by atoms with Crippen molar-refractivity contribution >= 4 is 22.9 Å². The van der Waals surface area contributed by atoms with Gasteiger partial charge in [0, 0.05) is 11.3 Å². The smallest absolute Gasteiger partial charge is 0.256 e. The van der Waals surface area contributed by atoms with Gasteiger partial charge >= 0.3 is 0 Å². The molecule has 2 aromatic rings. The number of nitriles is 1. The predicted molar refractivity (Wildman–Crippen MR) is 84.1 cm³/mol. The highest BCUT2D eigenvalue weighted by Gasteiger charge is 2.34. The molecule has 4 nitrogen and oxygen atoms in total. The van der Waals surface area contributed by atoms with E-state index in [-0.39, 0.29) is 5.25 Å². The van der Waals surface area contributed by atoms with E-state index < -0.39 is 5.54 Å². The lowest BCUT2D eigenvalue weighted by Crippen LogP contribution is -2.44. The quantitative estimate of drug-likeness (QED) is 0.824. The van der Waals surface area contributed by atoms with Crippen LogP contribution in [-0.2, 0) is 0 Å². The fourth-order valence-electron chi connectivity index (χ4n) is 2.51. The SMILES string of the molecule is CC(CC(C)(C#N)NC1CC1)Sc1nc2ccccc2o1. The molecule has 0 aliphatic heterocycles. The molecule has 1 saturated carbocycles. The number of hydrogen-bond acceptors (Lipinski definition) is 5. The summed E-state index contributed by atoms with van der Waals surface area (Å²) in [6, 6.07) is 10.7. The van der Waals surface area contributed by atoms with E-state index in [0.29, 0.717) is 11.3 Å². The zero-order chi connectivity index (χ0) is 14.9. The van der Waals surface area contributed by atoms with Gasteiger partial charge in [0.1, 0.15) is 11.1 Å². The van der Waals surface area contributed by atoms with Crippen LogP contribution in [0, 0.1) is 11.3 Å². The largest absolute Gasteiger partial charge is 0.431 e. The maximum absolute atomic E-state index is 9.43. The normalized spacial score (nSPS) is 19.1. The second-order valence-corrected chi connectivity index (χ2v) is 7.33. The first-order valence-corrected chi connectivity index (χ1v) is 8.17. The van der Waals surface area contributed by atoms with Gasteiger partial charge in [-0.3, -0.25) is 5.32 Å². The van der Waals surface area contributed by atoms with Crippen molar-refractivity contribution in [3.63, 3.8) is 0 Å². The summed E-state index contributed by atoms with van der Waals surface area (Å²) >= 11 is 1.59. The van der Waals surface area contributed by atoms with E-state index in [4.69, 9.17) is 4.42 Å². The molecule has 1 heterocycles. The van der Waals surface area contributed by atoms with Crippen molar-refractivity contribution in [2.24, 2.45) is 0 Å². The molecule has 1 N–H and O–H groups in total. The first-order chi connectivity index (χ1) is 10.1. The summed E-state index contributed by atoms with van der Waals surface area (Å²) in [4.78, 5) is 4.47. The maximum atomic E-state index is 9.43. The van der Waals surface area contributed by atoms with Gasteiger partial charge in [0.05, 0.1) is 6.07 Å². The second kappa shape index (κ2) is 5.70. The third kappa shape index (κ3) is 3.58. The molecule has 2 unspecified atom stereocenters. The minimum atomic E-state index is -0.473. The second-order valence-electron chi connectivity index (χ2n) is 5.94. The third-order valence-corrected chi connectivity index (χ3v) is 4.56. The Morgan fingerprint density at radius 1 is 1.52 bits per heavy atom. The van der Waals surface area contributed by atoms with E-state index in [2.05, 4.69) is 23.3 Å². The van der Waals surface area contributed by atoms with Gasteiger partial charge in [0.15, 0.2) is 5.58 Å². The molecular weight excluding hydrogens is 282 g/mol. The number of nitrogens with one attached hydrogen (secondary N) is 1. The highest BCUT2D eigenvalue weighted by atomic mass is 32.2. The molecule has 3 rings (SSSR count). The van der Waals surface area contributed by atoms with Crippen LogP contribution in [0.25, 0.3) is 11.1 Å². The van der Waals surface area contributed by atoms with Crippen molar-refractivity contribution in [2.75, 3.05) is 0 Å². The van der Waals surface area contributed by atoms with Crippen LogP contribution in [0.15, 0.2) is 33.9 Å². The number of oxazole rings is 1. The molecule has 0 radical (unpaired) electrons. The lowest BCUT2D eigenvalue weighted by molar-refractivity contribution is 0.413. The summed E-state index contributed by atoms with van der Waals surface area (Å²) in [6.07, 6.45) is 3.14. The molecule has 1 aromatic carbocycles. The molecule has 1 fully saturated rings. The van der Waals surface area contributed by atoms with Crippen molar-refractivity contribution in [1.82, 2.24) is 10.3 Å². The maximum Gasteiger partial charge on any atom is 0.256 e. The Balaban J connectivity index is 1.64. The lowest BCUT2D eigenvalue weighted by atomic mass is 9.98. The number of fused-ring (bicyclic) bond motifs is 1. The zero-order valence-corrected chi connectivity index (χ0v) is 13.1. The fraction of sp³-hybridized carbons (Fsp3) is 0.500. The summed E-state index contributed by atoms with van der Waals surface area (Å²) in [6.45, 7) is 4.10. The van der Waals surface area contributed by atoms with Crippen LogP contribution >= 0.6 is 11.8 Å². The van der Waals surface area contributed by atoms with Gasteiger partial charge in [0.2, 0.25) is 0 Å². The predicted octanol–water partition coefficient (Wildman–Crippen LogP) is 3.73. The van der Waals surface area contributed by atoms with Crippen molar-refractivity contribution in [2.45, 2.75) is 55.2 Å². The van der Waals surface area contributed by atoms with Crippen LogP contribution in [-0.4, -0.2) is 21.8 Å². The first kappa shape index (κ1) is 14.4. The Hall–Kier alpha value is -1.51. The third-order valence-electron chi connectivity index (χ3n) is 3.62. The molecule has 0 amide bonds. The van der Waals surface area contributed by atoms with Crippen molar-refractivity contribution < 1.29 is 4.42 Å². The average Bonchev–Trinajstić information content (AvgIpc) is 3.15. The van der Waals surface area contributed by atoms with Crippen LogP contribution in [0.5, 0.6) is 0 Å². The van der Waals surface area contributed by atoms with Gasteiger partial charge in [-0.1, -0.05) is 30.8 Å². The van der Waals surface area contributed by atoms with E-state index in [1.165, 1.54) is 12.8 Å². The van der Waals surface area contributed by atoms with Crippen LogP contribution in [0.2, 0.25) is 0 Å². The molecule has 1 aliphatic carbocycles. The van der Waals surface area contributed by atoms with Gasteiger partial charge in [-0.2, -0.15) is 5.26 Å². The minimum absolute atomic E-state index is 0.258. The molecule has 0 bridgehead atoms. The fourth-order valence-corrected chi connectivity index (χ4v) is 3.56. The summed E-state index contributed by atoms with van der Waals surface area (Å²) in [5.74, 6) is 0. The lowest BCUT2D eigenvalue weighted by Gasteiger charge is -2.25. The molecule has 0 saturated heterocycles. The van der Waals surface area contributed by atoms with E-state index >= 15 is 0 Å². The average molecular weight is 301 g/mol. The Labute approximate surface area is 128 Å². The molecule has 1 aromatic heterocycles. The number of benzene rings is 1. The van der Waals surface area contributed by atoms with Gasteiger partial charge < -0.3 is 4.42 Å². The molecule has 110 valence electrons. The molecule has 5 heteroatoms. The highest BCUT2D eigenvalue weighted by molar-refractivity contribution is 7.99. The molecule has 2 atom stereocenters. The Morgan fingerprint density at radius 2 is 2.29 bits per heavy atom. The van der Waals surface area contributed by atoms with Gasteiger partial charge in [0.25, 0.3) is 5.22 Å².